The van der Waals surface area contributed by atoms with Crippen LogP contribution in [0, 0.1) is 0 Å². The molecule has 0 heterocycles. The number of hydrogen-bond donors (Lipinski definition) is 4. The van der Waals surface area contributed by atoms with Crippen molar-refractivity contribution in [3.05, 3.63) is 27.7 Å². The van der Waals surface area contributed by atoms with Crippen LogP contribution in [0.15, 0.2) is 12.1 Å². The van der Waals surface area contributed by atoms with Crippen LogP contribution in [-0.2, 0) is 0 Å². The lowest BCUT2D eigenvalue weighted by atomic mass is 10.2. The molecule has 0 aliphatic rings. The number of nitrogens with one attached hydrogen (secondary N) is 1. The molecule has 0 spiro atoms. The molecule has 0 atom stereocenters. The molecule has 0 unspecified atom stereocenters. The molecular formula is C10H12Cl2N2O3. The van der Waals surface area contributed by atoms with E-state index in [0.717, 1.165) is 0 Å². The van der Waals surface area contributed by atoms with E-state index in [9.17, 15) is 4.79 Å². The average Bonchev–Trinajstić information content (AvgIpc) is 2.31. The molecule has 17 heavy (non-hydrogen) atoms. The van der Waals surface area contributed by atoms with Crippen molar-refractivity contribution in [2.75, 3.05) is 18.9 Å². The molecule has 1 amide bonds. The minimum absolute atomic E-state index is 0.173. The first-order chi connectivity index (χ1) is 7.99. The van der Waals surface area contributed by atoms with E-state index in [-0.39, 0.29) is 34.5 Å². The van der Waals surface area contributed by atoms with Crippen molar-refractivity contribution in [1.29, 1.82) is 0 Å². The number of halogens is 2. The Balaban J connectivity index is 2.90. The number of aliphatic hydroxyl groups is 2. The zero-order valence-electron chi connectivity index (χ0n) is 8.78. The summed E-state index contributed by atoms with van der Waals surface area (Å²) in [6, 6.07) is 2.01. The van der Waals surface area contributed by atoms with Gasteiger partial charge in [0.2, 0.25) is 0 Å². The summed E-state index contributed by atoms with van der Waals surface area (Å²) in [7, 11) is 0. The quantitative estimate of drug-likeness (QED) is 0.609. The molecule has 0 radical (unpaired) electrons. The van der Waals surface area contributed by atoms with Crippen molar-refractivity contribution < 1.29 is 15.0 Å². The van der Waals surface area contributed by atoms with Gasteiger partial charge in [-0.25, -0.2) is 0 Å². The van der Waals surface area contributed by atoms with Crippen LogP contribution in [0.4, 0.5) is 5.69 Å². The van der Waals surface area contributed by atoms with E-state index >= 15 is 0 Å². The Labute approximate surface area is 108 Å². The molecule has 0 bridgehead atoms. The van der Waals surface area contributed by atoms with Crippen molar-refractivity contribution in [3.8, 4) is 0 Å². The second kappa shape index (κ2) is 6.07. The van der Waals surface area contributed by atoms with E-state index in [1.54, 1.807) is 0 Å². The second-order valence-electron chi connectivity index (χ2n) is 3.39. The van der Waals surface area contributed by atoms with Gasteiger partial charge >= 0.3 is 0 Å². The third kappa shape index (κ3) is 3.47. The molecule has 7 heteroatoms. The summed E-state index contributed by atoms with van der Waals surface area (Å²) in [6.07, 6.45) is 0. The molecule has 0 aliphatic carbocycles. The Bertz CT molecular complexity index is 399. The Kier molecular flexibility index (Phi) is 5.02. The summed E-state index contributed by atoms with van der Waals surface area (Å²) in [4.78, 5) is 11.7. The van der Waals surface area contributed by atoms with Gasteiger partial charge in [0.1, 0.15) is 0 Å². The highest BCUT2D eigenvalue weighted by Gasteiger charge is 2.14. The van der Waals surface area contributed by atoms with Crippen LogP contribution in [0.25, 0.3) is 0 Å². The lowest BCUT2D eigenvalue weighted by Crippen LogP contribution is -2.40. The maximum absolute atomic E-state index is 11.7. The minimum atomic E-state index is -0.724. The maximum Gasteiger partial charge on any atom is 0.251 e. The van der Waals surface area contributed by atoms with E-state index in [1.165, 1.54) is 12.1 Å². The van der Waals surface area contributed by atoms with Crippen molar-refractivity contribution in [2.45, 2.75) is 6.04 Å². The standard InChI is InChI=1S/C10H12Cl2N2O3/c11-7-1-5(2-8(12)9(7)13)10(17)14-6(3-15)4-16/h1-2,6,15-16H,3-4,13H2,(H,14,17). The van der Waals surface area contributed by atoms with Crippen LogP contribution in [0.3, 0.4) is 0 Å². The van der Waals surface area contributed by atoms with Crippen LogP contribution in [0.2, 0.25) is 10.0 Å². The summed E-state index contributed by atoms with van der Waals surface area (Å²) in [5, 5.41) is 20.4. The maximum atomic E-state index is 11.7. The number of benzene rings is 1. The van der Waals surface area contributed by atoms with Gasteiger partial charge in [0.25, 0.3) is 5.91 Å². The summed E-state index contributed by atoms with van der Waals surface area (Å²) in [6.45, 7) is -0.725. The van der Waals surface area contributed by atoms with Gasteiger partial charge in [0.15, 0.2) is 0 Å². The monoisotopic (exact) mass is 278 g/mol. The zero-order chi connectivity index (χ0) is 13.0. The number of carbonyl (C=O) groups excluding carboxylic acids is 1. The summed E-state index contributed by atoms with van der Waals surface area (Å²) in [5.74, 6) is -0.498. The molecule has 5 nitrogen and oxygen atoms in total. The number of nitrogens with two attached hydrogens (primary N) is 1. The van der Waals surface area contributed by atoms with E-state index in [2.05, 4.69) is 5.32 Å². The Morgan fingerprint density at radius 2 is 1.76 bits per heavy atom. The fraction of sp³-hybridized carbons (Fsp3) is 0.300. The van der Waals surface area contributed by atoms with Crippen molar-refractivity contribution in [1.82, 2.24) is 5.32 Å². The third-order valence-corrected chi connectivity index (χ3v) is 2.74. The molecular weight excluding hydrogens is 267 g/mol. The Morgan fingerprint density at radius 3 is 2.18 bits per heavy atom. The predicted octanol–water partition coefficient (Wildman–Crippen LogP) is 0.659. The fourth-order valence-electron chi connectivity index (χ4n) is 1.13. The number of rotatable bonds is 4. The van der Waals surface area contributed by atoms with Gasteiger partial charge in [0, 0.05) is 5.56 Å². The summed E-state index contributed by atoms with van der Waals surface area (Å²) in [5.41, 5.74) is 5.94. The van der Waals surface area contributed by atoms with Crippen molar-refractivity contribution in [2.24, 2.45) is 0 Å². The van der Waals surface area contributed by atoms with Gasteiger partial charge in [-0.3, -0.25) is 4.79 Å². The topological polar surface area (TPSA) is 95.6 Å². The van der Waals surface area contributed by atoms with E-state index in [4.69, 9.17) is 39.1 Å². The largest absolute Gasteiger partial charge is 0.396 e. The highest BCUT2D eigenvalue weighted by atomic mass is 35.5. The Hall–Kier alpha value is -1.01. The predicted molar refractivity (Wildman–Crippen MR) is 66.3 cm³/mol. The highest BCUT2D eigenvalue weighted by molar-refractivity contribution is 6.39. The SMILES string of the molecule is Nc1c(Cl)cc(C(=O)NC(CO)CO)cc1Cl. The minimum Gasteiger partial charge on any atom is -0.396 e. The third-order valence-electron chi connectivity index (χ3n) is 2.12. The van der Waals surface area contributed by atoms with E-state index in [1.807, 2.05) is 0 Å². The van der Waals surface area contributed by atoms with E-state index in [0.29, 0.717) is 0 Å². The van der Waals surface area contributed by atoms with Gasteiger partial charge in [-0.15, -0.1) is 0 Å². The van der Waals surface area contributed by atoms with E-state index < -0.39 is 11.9 Å². The van der Waals surface area contributed by atoms with Crippen LogP contribution >= 0.6 is 23.2 Å². The number of anilines is 1. The molecule has 0 aliphatic heterocycles. The van der Waals surface area contributed by atoms with Crippen LogP contribution in [0.5, 0.6) is 0 Å². The van der Waals surface area contributed by atoms with Crippen molar-refractivity contribution in [3.63, 3.8) is 0 Å². The zero-order valence-corrected chi connectivity index (χ0v) is 10.3. The van der Waals surface area contributed by atoms with Gasteiger partial charge in [-0.05, 0) is 12.1 Å². The molecule has 1 aromatic carbocycles. The molecule has 0 saturated heterocycles. The van der Waals surface area contributed by atoms with Crippen LogP contribution in [-0.4, -0.2) is 35.4 Å². The lowest BCUT2D eigenvalue weighted by molar-refractivity contribution is 0.0879. The number of aliphatic hydroxyl groups excluding tert-OH is 2. The molecule has 0 aromatic heterocycles. The normalized spacial score (nSPS) is 10.6. The molecule has 5 N–H and O–H groups in total. The van der Waals surface area contributed by atoms with Gasteiger partial charge in [0.05, 0.1) is 35.0 Å². The number of hydrogen-bond acceptors (Lipinski definition) is 4. The summed E-state index contributed by atoms with van der Waals surface area (Å²) < 4.78 is 0. The molecule has 1 aromatic rings. The average molecular weight is 279 g/mol. The number of carbonyl (C=O) groups is 1. The molecule has 0 saturated carbocycles. The summed E-state index contributed by atoms with van der Waals surface area (Å²) >= 11 is 11.6. The Morgan fingerprint density at radius 1 is 1.29 bits per heavy atom. The first kappa shape index (κ1) is 14.1. The lowest BCUT2D eigenvalue weighted by Gasteiger charge is -2.14. The first-order valence-electron chi connectivity index (χ1n) is 4.76. The van der Waals surface area contributed by atoms with Crippen LogP contribution < -0.4 is 11.1 Å². The van der Waals surface area contributed by atoms with Gasteiger partial charge < -0.3 is 21.3 Å². The highest BCUT2D eigenvalue weighted by Crippen LogP contribution is 2.28. The first-order valence-corrected chi connectivity index (χ1v) is 5.52. The van der Waals surface area contributed by atoms with Crippen molar-refractivity contribution >= 4 is 34.8 Å². The second-order valence-corrected chi connectivity index (χ2v) is 4.20. The molecule has 94 valence electrons. The van der Waals surface area contributed by atoms with Gasteiger partial charge in [-0.1, -0.05) is 23.2 Å². The van der Waals surface area contributed by atoms with Crippen LogP contribution in [0.1, 0.15) is 10.4 Å². The number of amides is 1. The van der Waals surface area contributed by atoms with Gasteiger partial charge in [-0.2, -0.15) is 0 Å². The molecule has 0 fully saturated rings. The smallest absolute Gasteiger partial charge is 0.251 e. The fourth-order valence-corrected chi connectivity index (χ4v) is 1.62. The number of nitrogen functional groups attached to an aromatic ring is 1. The molecule has 1 rings (SSSR count).